The van der Waals surface area contributed by atoms with E-state index < -0.39 is 0 Å². The molecule has 5 nitrogen and oxygen atoms in total. The third-order valence-corrected chi connectivity index (χ3v) is 1.54. The molecule has 72 valence electrons. The van der Waals surface area contributed by atoms with Crippen molar-refractivity contribution in [3.63, 3.8) is 0 Å². The fraction of sp³-hybridized carbons (Fsp3) is 0.500. The second-order valence-electron chi connectivity index (χ2n) is 2.39. The molecule has 0 aliphatic heterocycles. The van der Waals surface area contributed by atoms with E-state index in [-0.39, 0.29) is 0 Å². The molecular formula is C8H13N3O2. The molecule has 5 heteroatoms. The van der Waals surface area contributed by atoms with E-state index in [1.807, 2.05) is 0 Å². The van der Waals surface area contributed by atoms with Gasteiger partial charge in [0.05, 0.1) is 13.3 Å². The van der Waals surface area contributed by atoms with Crippen molar-refractivity contribution in [1.82, 2.24) is 9.97 Å². The molecular weight excluding hydrogens is 170 g/mol. The summed E-state index contributed by atoms with van der Waals surface area (Å²) in [6.45, 7) is 0.401. The average molecular weight is 183 g/mol. The Bertz CT molecular complexity index is 278. The summed E-state index contributed by atoms with van der Waals surface area (Å²) in [5, 5.41) is 2.91. The highest BCUT2D eigenvalue weighted by atomic mass is 16.5. The minimum absolute atomic E-state index is 0.401. The minimum Gasteiger partial charge on any atom is -0.491 e. The van der Waals surface area contributed by atoms with Crippen LogP contribution in [0.15, 0.2) is 6.20 Å². The normalized spacial score (nSPS) is 9.77. The number of hydrogen-bond donors (Lipinski definition) is 1. The zero-order chi connectivity index (χ0) is 9.68. The maximum Gasteiger partial charge on any atom is 0.179 e. The van der Waals surface area contributed by atoms with E-state index >= 15 is 0 Å². The number of nitrogens with zero attached hydrogens (tertiary/aromatic N) is 2. The molecule has 0 fully saturated rings. The van der Waals surface area contributed by atoms with Crippen LogP contribution in [0.4, 0.5) is 5.82 Å². The van der Waals surface area contributed by atoms with Crippen LogP contribution in [0.3, 0.4) is 0 Å². The Morgan fingerprint density at radius 3 is 2.77 bits per heavy atom. The number of ether oxygens (including phenoxy) is 2. The number of nitrogens with one attached hydrogen (secondary N) is 1. The summed E-state index contributed by atoms with van der Waals surface area (Å²) in [6.07, 6.45) is 1.62. The van der Waals surface area contributed by atoms with E-state index in [0.29, 0.717) is 24.0 Å². The highest BCUT2D eigenvalue weighted by Crippen LogP contribution is 2.19. The molecule has 13 heavy (non-hydrogen) atoms. The summed E-state index contributed by atoms with van der Waals surface area (Å²) >= 11 is 0. The molecule has 1 N–H and O–H groups in total. The molecule has 0 radical (unpaired) electrons. The summed E-state index contributed by atoms with van der Waals surface area (Å²) in [5.41, 5.74) is 0. The Morgan fingerprint density at radius 1 is 1.46 bits per heavy atom. The topological polar surface area (TPSA) is 56.3 Å². The van der Waals surface area contributed by atoms with Gasteiger partial charge >= 0.3 is 0 Å². The fourth-order valence-electron chi connectivity index (χ4n) is 0.934. The van der Waals surface area contributed by atoms with E-state index in [9.17, 15) is 0 Å². The zero-order valence-electron chi connectivity index (χ0n) is 8.00. The van der Waals surface area contributed by atoms with Crippen LogP contribution in [0.1, 0.15) is 5.82 Å². The van der Waals surface area contributed by atoms with E-state index in [1.165, 1.54) is 0 Å². The molecule has 0 saturated carbocycles. The maximum absolute atomic E-state index is 5.04. The van der Waals surface area contributed by atoms with Crippen LogP contribution in [-0.2, 0) is 11.3 Å². The van der Waals surface area contributed by atoms with Crippen LogP contribution >= 0.6 is 0 Å². The first-order valence-electron chi connectivity index (χ1n) is 3.88. The van der Waals surface area contributed by atoms with Crippen molar-refractivity contribution < 1.29 is 9.47 Å². The maximum atomic E-state index is 5.04. The lowest BCUT2D eigenvalue weighted by Crippen LogP contribution is -2.03. The number of methoxy groups -OCH3 is 2. The lowest BCUT2D eigenvalue weighted by molar-refractivity contribution is 0.177. The van der Waals surface area contributed by atoms with Crippen molar-refractivity contribution in [2.45, 2.75) is 6.61 Å². The van der Waals surface area contributed by atoms with Gasteiger partial charge in [-0.1, -0.05) is 0 Å². The second kappa shape index (κ2) is 4.61. The van der Waals surface area contributed by atoms with Crippen molar-refractivity contribution in [3.8, 4) is 5.75 Å². The van der Waals surface area contributed by atoms with E-state index in [1.54, 1.807) is 27.5 Å². The molecule has 1 rings (SSSR count). The summed E-state index contributed by atoms with van der Waals surface area (Å²) < 4.78 is 9.95. The fourth-order valence-corrected chi connectivity index (χ4v) is 0.934. The monoisotopic (exact) mass is 183 g/mol. The molecule has 0 aliphatic rings. The molecule has 1 aromatic heterocycles. The Hall–Kier alpha value is -1.36. The smallest absolute Gasteiger partial charge is 0.179 e. The Kier molecular flexibility index (Phi) is 3.45. The highest BCUT2D eigenvalue weighted by molar-refractivity contribution is 5.47. The number of rotatable bonds is 4. The molecule has 0 amide bonds. The first-order chi connectivity index (χ1) is 6.31. The van der Waals surface area contributed by atoms with Crippen LogP contribution < -0.4 is 10.1 Å². The molecule has 0 spiro atoms. The van der Waals surface area contributed by atoms with Crippen LogP contribution in [0, 0.1) is 0 Å². The van der Waals surface area contributed by atoms with Gasteiger partial charge < -0.3 is 14.8 Å². The SMILES string of the molecule is CNc1nc(COC)ncc1OC. The molecule has 0 aliphatic carbocycles. The standard InChI is InChI=1S/C8H13N3O2/c1-9-8-6(13-3)4-10-7(11-8)5-12-2/h4H,5H2,1-3H3,(H,9,10,11). The van der Waals surface area contributed by atoms with Gasteiger partial charge in [-0.15, -0.1) is 0 Å². The molecule has 1 aromatic rings. The first kappa shape index (κ1) is 9.73. The van der Waals surface area contributed by atoms with E-state index in [4.69, 9.17) is 9.47 Å². The van der Waals surface area contributed by atoms with Crippen LogP contribution in [-0.4, -0.2) is 31.2 Å². The van der Waals surface area contributed by atoms with Crippen molar-refractivity contribution in [2.24, 2.45) is 0 Å². The Labute approximate surface area is 77.1 Å². The summed E-state index contributed by atoms with van der Waals surface area (Å²) in [5.74, 6) is 1.93. The quantitative estimate of drug-likeness (QED) is 0.743. The zero-order valence-corrected chi connectivity index (χ0v) is 8.00. The molecule has 1 heterocycles. The van der Waals surface area contributed by atoms with Crippen molar-refractivity contribution in [3.05, 3.63) is 12.0 Å². The predicted molar refractivity (Wildman–Crippen MR) is 48.8 cm³/mol. The molecule has 0 atom stereocenters. The van der Waals surface area contributed by atoms with Gasteiger partial charge in [0.25, 0.3) is 0 Å². The predicted octanol–water partition coefficient (Wildman–Crippen LogP) is 0.673. The van der Waals surface area contributed by atoms with Crippen LogP contribution in [0.5, 0.6) is 5.75 Å². The lowest BCUT2D eigenvalue weighted by atomic mass is 10.5. The van der Waals surface area contributed by atoms with Crippen LogP contribution in [0.25, 0.3) is 0 Å². The van der Waals surface area contributed by atoms with Gasteiger partial charge in [-0.25, -0.2) is 9.97 Å². The lowest BCUT2D eigenvalue weighted by Gasteiger charge is -2.07. The number of anilines is 1. The number of hydrogen-bond acceptors (Lipinski definition) is 5. The van der Waals surface area contributed by atoms with E-state index in [0.717, 1.165) is 0 Å². The molecule has 0 bridgehead atoms. The second-order valence-corrected chi connectivity index (χ2v) is 2.39. The van der Waals surface area contributed by atoms with Crippen LogP contribution in [0.2, 0.25) is 0 Å². The average Bonchev–Trinajstić information content (AvgIpc) is 2.18. The highest BCUT2D eigenvalue weighted by Gasteiger charge is 2.04. The van der Waals surface area contributed by atoms with Gasteiger partial charge in [-0.2, -0.15) is 0 Å². The van der Waals surface area contributed by atoms with Crippen molar-refractivity contribution in [2.75, 3.05) is 26.6 Å². The first-order valence-corrected chi connectivity index (χ1v) is 3.88. The van der Waals surface area contributed by atoms with Gasteiger partial charge in [0.1, 0.15) is 6.61 Å². The van der Waals surface area contributed by atoms with Gasteiger partial charge in [0, 0.05) is 14.2 Å². The largest absolute Gasteiger partial charge is 0.491 e. The van der Waals surface area contributed by atoms with Crippen molar-refractivity contribution >= 4 is 5.82 Å². The Balaban J connectivity index is 2.91. The molecule has 0 unspecified atom stereocenters. The molecule has 0 aromatic carbocycles. The van der Waals surface area contributed by atoms with Gasteiger partial charge in [-0.05, 0) is 0 Å². The number of aromatic nitrogens is 2. The minimum atomic E-state index is 0.401. The Morgan fingerprint density at radius 2 is 2.23 bits per heavy atom. The molecule has 0 saturated heterocycles. The summed E-state index contributed by atoms with van der Waals surface area (Å²) in [6, 6.07) is 0. The third-order valence-electron chi connectivity index (χ3n) is 1.54. The van der Waals surface area contributed by atoms with E-state index in [2.05, 4.69) is 15.3 Å². The summed E-state index contributed by atoms with van der Waals surface area (Å²) in [7, 11) is 4.96. The van der Waals surface area contributed by atoms with Gasteiger partial charge in [0.15, 0.2) is 17.4 Å². The third kappa shape index (κ3) is 2.29. The van der Waals surface area contributed by atoms with Crippen molar-refractivity contribution in [1.29, 1.82) is 0 Å². The van der Waals surface area contributed by atoms with Gasteiger partial charge in [-0.3, -0.25) is 0 Å². The summed E-state index contributed by atoms with van der Waals surface area (Å²) in [4.78, 5) is 8.23. The van der Waals surface area contributed by atoms with Gasteiger partial charge in [0.2, 0.25) is 0 Å².